The van der Waals surface area contributed by atoms with Crippen LogP contribution in [0.15, 0.2) is 47.8 Å². The van der Waals surface area contributed by atoms with E-state index in [4.69, 9.17) is 0 Å². The van der Waals surface area contributed by atoms with Crippen molar-refractivity contribution in [3.05, 3.63) is 52.7 Å². The number of benzene rings is 1. The average molecular weight is 372 g/mol. The zero-order valence-electron chi connectivity index (χ0n) is 15.2. The molecule has 1 fully saturated rings. The highest BCUT2D eigenvalue weighted by Crippen LogP contribution is 2.22. The Morgan fingerprint density at radius 2 is 1.85 bits per heavy atom. The summed E-state index contributed by atoms with van der Waals surface area (Å²) < 4.78 is 0. The maximum absolute atomic E-state index is 12.7. The number of carbonyl (C=O) groups excluding carboxylic acids is 2. The maximum Gasteiger partial charge on any atom is 0.261 e. The third-order valence-corrected chi connectivity index (χ3v) is 5.82. The summed E-state index contributed by atoms with van der Waals surface area (Å²) in [6.07, 6.45) is 1.87. The Balaban J connectivity index is 1.51. The number of piperidine rings is 1. The Morgan fingerprint density at radius 3 is 2.46 bits per heavy atom. The van der Waals surface area contributed by atoms with Crippen molar-refractivity contribution in [3.63, 3.8) is 0 Å². The largest absolute Gasteiger partial charge is 0.371 e. The van der Waals surface area contributed by atoms with Gasteiger partial charge < -0.3 is 15.1 Å². The van der Waals surface area contributed by atoms with E-state index < -0.39 is 6.04 Å². The molecule has 2 amide bonds. The van der Waals surface area contributed by atoms with Gasteiger partial charge in [-0.25, -0.2) is 0 Å². The van der Waals surface area contributed by atoms with Crippen molar-refractivity contribution < 1.29 is 9.59 Å². The molecule has 1 aliphatic rings. The fraction of sp³-hybridized carbons (Fsp3) is 0.400. The molecule has 6 heteroatoms. The van der Waals surface area contributed by atoms with Crippen LogP contribution in [0.2, 0.25) is 0 Å². The fourth-order valence-electron chi connectivity index (χ4n) is 3.36. The average Bonchev–Trinajstić information content (AvgIpc) is 3.22. The van der Waals surface area contributed by atoms with Crippen molar-refractivity contribution in [2.24, 2.45) is 0 Å². The molecule has 2 heterocycles. The predicted molar refractivity (Wildman–Crippen MR) is 106 cm³/mol. The lowest BCUT2D eigenvalue weighted by atomic mass is 10.0. The molecular weight excluding hydrogens is 346 g/mol. The van der Waals surface area contributed by atoms with Crippen LogP contribution >= 0.6 is 11.3 Å². The molecule has 138 valence electrons. The number of amides is 2. The molecule has 3 rings (SSSR count). The lowest BCUT2D eigenvalue weighted by Gasteiger charge is -2.38. The van der Waals surface area contributed by atoms with E-state index >= 15 is 0 Å². The van der Waals surface area contributed by atoms with E-state index in [2.05, 4.69) is 29.4 Å². The van der Waals surface area contributed by atoms with Crippen LogP contribution in [0, 0.1) is 0 Å². The van der Waals surface area contributed by atoms with Crippen LogP contribution in [0.4, 0.5) is 5.69 Å². The second-order valence-electron chi connectivity index (χ2n) is 6.68. The molecule has 0 bridgehead atoms. The van der Waals surface area contributed by atoms with E-state index in [0.717, 1.165) is 25.9 Å². The van der Waals surface area contributed by atoms with Gasteiger partial charge in [-0.15, -0.1) is 11.3 Å². The molecule has 0 saturated carbocycles. The van der Waals surface area contributed by atoms with Crippen molar-refractivity contribution >= 4 is 28.8 Å². The van der Waals surface area contributed by atoms with Crippen LogP contribution in [0.5, 0.6) is 0 Å². The minimum atomic E-state index is -0.506. The smallest absolute Gasteiger partial charge is 0.261 e. The van der Waals surface area contributed by atoms with E-state index in [9.17, 15) is 9.59 Å². The molecular formula is C20H25N3O2S. The van der Waals surface area contributed by atoms with Crippen LogP contribution in [0.1, 0.15) is 29.4 Å². The van der Waals surface area contributed by atoms with Crippen molar-refractivity contribution in [2.75, 3.05) is 25.0 Å². The molecule has 1 aromatic heterocycles. The summed E-state index contributed by atoms with van der Waals surface area (Å²) in [5, 5.41) is 4.67. The first-order valence-electron chi connectivity index (χ1n) is 8.97. The third kappa shape index (κ3) is 4.25. The minimum absolute atomic E-state index is 0.00396. The summed E-state index contributed by atoms with van der Waals surface area (Å²) in [7, 11) is 2.11. The lowest BCUT2D eigenvalue weighted by molar-refractivity contribution is -0.133. The van der Waals surface area contributed by atoms with E-state index in [1.165, 1.54) is 17.0 Å². The molecule has 0 aliphatic carbocycles. The van der Waals surface area contributed by atoms with Gasteiger partial charge in [-0.3, -0.25) is 9.59 Å². The van der Waals surface area contributed by atoms with Gasteiger partial charge >= 0.3 is 0 Å². The summed E-state index contributed by atoms with van der Waals surface area (Å²) in [6.45, 7) is 3.20. The van der Waals surface area contributed by atoms with Crippen molar-refractivity contribution in [1.29, 1.82) is 0 Å². The highest BCUT2D eigenvalue weighted by atomic mass is 32.1. The Kier molecular flexibility index (Phi) is 5.93. The number of para-hydroxylation sites is 1. The minimum Gasteiger partial charge on any atom is -0.371 e. The summed E-state index contributed by atoms with van der Waals surface area (Å²) in [4.78, 5) is 29.6. The van der Waals surface area contributed by atoms with E-state index in [1.54, 1.807) is 13.0 Å². The van der Waals surface area contributed by atoms with Crippen molar-refractivity contribution in [1.82, 2.24) is 10.2 Å². The molecule has 0 radical (unpaired) electrons. The van der Waals surface area contributed by atoms with Gasteiger partial charge in [0.15, 0.2) is 0 Å². The summed E-state index contributed by atoms with van der Waals surface area (Å²) in [6, 6.07) is 13.8. The number of nitrogens with zero attached hydrogens (tertiary/aromatic N) is 2. The van der Waals surface area contributed by atoms with Crippen molar-refractivity contribution in [2.45, 2.75) is 31.8 Å². The summed E-state index contributed by atoms with van der Waals surface area (Å²) >= 11 is 1.38. The third-order valence-electron chi connectivity index (χ3n) is 4.95. The number of anilines is 1. The van der Waals surface area contributed by atoms with Gasteiger partial charge in [-0.05, 0) is 43.3 Å². The number of hydrogen-bond acceptors (Lipinski definition) is 4. The standard InChI is InChI=1S/C20H25N3O2S/c1-15(21-19(24)18-9-6-14-26-18)20(25)23-12-10-17(11-13-23)22(2)16-7-4-3-5-8-16/h3-9,14-15,17H,10-13H2,1-2H3,(H,21,24)/t15-/m0/s1. The summed E-state index contributed by atoms with van der Waals surface area (Å²) in [5.41, 5.74) is 1.20. The molecule has 1 aromatic carbocycles. The Hall–Kier alpha value is -2.34. The monoisotopic (exact) mass is 371 g/mol. The molecule has 0 unspecified atom stereocenters. The van der Waals surface area contributed by atoms with Gasteiger partial charge in [0.05, 0.1) is 4.88 Å². The molecule has 26 heavy (non-hydrogen) atoms. The topological polar surface area (TPSA) is 52.7 Å². The van der Waals surface area contributed by atoms with Crippen LogP contribution < -0.4 is 10.2 Å². The Morgan fingerprint density at radius 1 is 1.15 bits per heavy atom. The number of nitrogens with one attached hydrogen (secondary N) is 1. The van der Waals surface area contributed by atoms with Gasteiger partial charge in [-0.2, -0.15) is 0 Å². The number of carbonyl (C=O) groups is 2. The first kappa shape index (κ1) is 18.5. The predicted octanol–water partition coefficient (Wildman–Crippen LogP) is 2.99. The number of rotatable bonds is 5. The zero-order chi connectivity index (χ0) is 18.5. The molecule has 1 atom stereocenters. The SMILES string of the molecule is C[C@H](NC(=O)c1cccs1)C(=O)N1CCC(N(C)c2ccccc2)CC1. The number of likely N-dealkylation sites (tertiary alicyclic amines) is 1. The highest BCUT2D eigenvalue weighted by molar-refractivity contribution is 7.12. The van der Waals surface area contributed by atoms with E-state index in [-0.39, 0.29) is 11.8 Å². The number of hydrogen-bond donors (Lipinski definition) is 1. The van der Waals surface area contributed by atoms with Crippen LogP contribution in [-0.4, -0.2) is 48.9 Å². The first-order chi connectivity index (χ1) is 12.6. The zero-order valence-corrected chi connectivity index (χ0v) is 16.0. The summed E-state index contributed by atoms with van der Waals surface area (Å²) in [5.74, 6) is -0.185. The molecule has 1 saturated heterocycles. The number of thiophene rings is 1. The van der Waals surface area contributed by atoms with Crippen LogP contribution in [0.25, 0.3) is 0 Å². The first-order valence-corrected chi connectivity index (χ1v) is 9.85. The fourth-order valence-corrected chi connectivity index (χ4v) is 3.99. The van der Waals surface area contributed by atoms with Crippen molar-refractivity contribution in [3.8, 4) is 0 Å². The van der Waals surface area contributed by atoms with Crippen LogP contribution in [0.3, 0.4) is 0 Å². The molecule has 1 aliphatic heterocycles. The van der Waals surface area contributed by atoms with Gasteiger partial charge in [-0.1, -0.05) is 24.3 Å². The quantitative estimate of drug-likeness (QED) is 0.879. The van der Waals surface area contributed by atoms with E-state index in [0.29, 0.717) is 10.9 Å². The second-order valence-corrected chi connectivity index (χ2v) is 7.62. The highest BCUT2D eigenvalue weighted by Gasteiger charge is 2.28. The Labute approximate surface area is 158 Å². The van der Waals surface area contributed by atoms with Gasteiger partial charge in [0.2, 0.25) is 5.91 Å². The molecule has 2 aromatic rings. The van der Waals surface area contributed by atoms with E-state index in [1.807, 2.05) is 34.5 Å². The van der Waals surface area contributed by atoms with Crippen LogP contribution in [-0.2, 0) is 4.79 Å². The Bertz CT molecular complexity index is 725. The maximum atomic E-state index is 12.7. The molecule has 1 N–H and O–H groups in total. The second kappa shape index (κ2) is 8.36. The molecule has 0 spiro atoms. The van der Waals surface area contributed by atoms with Gasteiger partial charge in [0.1, 0.15) is 6.04 Å². The normalized spacial score (nSPS) is 16.2. The lowest BCUT2D eigenvalue weighted by Crippen LogP contribution is -2.51. The van der Waals surface area contributed by atoms with Gasteiger partial charge in [0, 0.05) is 31.9 Å². The molecule has 5 nitrogen and oxygen atoms in total. The van der Waals surface area contributed by atoms with Gasteiger partial charge in [0.25, 0.3) is 5.91 Å².